The monoisotopic (exact) mass is 487 g/mol. The van der Waals surface area contributed by atoms with Crippen LogP contribution in [-0.2, 0) is 12.8 Å². The van der Waals surface area contributed by atoms with Gasteiger partial charge in [0, 0.05) is 10.9 Å². The van der Waals surface area contributed by atoms with Crippen LogP contribution in [0.4, 0.5) is 22.0 Å². The third kappa shape index (κ3) is 5.70. The van der Waals surface area contributed by atoms with Crippen molar-refractivity contribution in [3.05, 3.63) is 89.4 Å². The molecule has 1 heterocycles. The van der Waals surface area contributed by atoms with Crippen molar-refractivity contribution >= 4 is 10.8 Å². The molecule has 0 aliphatic carbocycles. The molecule has 4 rings (SSSR count). The number of ether oxygens (including phenoxy) is 2. The van der Waals surface area contributed by atoms with Gasteiger partial charge in [-0.3, -0.25) is 4.98 Å². The maximum Gasteiger partial charge on any atom is 0.387 e. The summed E-state index contributed by atoms with van der Waals surface area (Å²) in [6.07, 6.45) is 2.82. The summed E-state index contributed by atoms with van der Waals surface area (Å²) in [6, 6.07) is 14.2. The van der Waals surface area contributed by atoms with Crippen molar-refractivity contribution in [1.82, 2.24) is 4.98 Å². The molecule has 0 fully saturated rings. The van der Waals surface area contributed by atoms with E-state index in [1.807, 2.05) is 25.1 Å². The van der Waals surface area contributed by atoms with Crippen molar-refractivity contribution in [2.24, 2.45) is 0 Å². The SMILES string of the molecule is CCCOc1ccc(-c2ccc3c(F)c(CCc4cc(F)c(OC(F)F)c(F)c4)ccc3c2)nc1. The maximum absolute atomic E-state index is 15.2. The minimum absolute atomic E-state index is 0.111. The molecule has 35 heavy (non-hydrogen) atoms. The number of aryl methyl sites for hydroxylation is 2. The Bertz CT molecular complexity index is 1300. The van der Waals surface area contributed by atoms with Crippen LogP contribution in [0, 0.1) is 17.5 Å². The molecule has 0 aliphatic rings. The van der Waals surface area contributed by atoms with Crippen LogP contribution >= 0.6 is 0 Å². The summed E-state index contributed by atoms with van der Waals surface area (Å²) in [6.45, 7) is -0.708. The molecule has 8 heteroatoms. The minimum Gasteiger partial charge on any atom is -0.492 e. The Balaban J connectivity index is 1.51. The van der Waals surface area contributed by atoms with Crippen LogP contribution in [0.3, 0.4) is 0 Å². The summed E-state index contributed by atoms with van der Waals surface area (Å²) in [7, 11) is 0. The van der Waals surface area contributed by atoms with E-state index in [4.69, 9.17) is 4.74 Å². The zero-order chi connectivity index (χ0) is 24.9. The fourth-order valence-corrected chi connectivity index (χ4v) is 3.78. The molecule has 1 aromatic heterocycles. The zero-order valence-corrected chi connectivity index (χ0v) is 18.8. The van der Waals surface area contributed by atoms with Crippen LogP contribution in [0.25, 0.3) is 22.0 Å². The van der Waals surface area contributed by atoms with E-state index in [1.165, 1.54) is 0 Å². The molecule has 0 atom stereocenters. The molecule has 0 amide bonds. The van der Waals surface area contributed by atoms with Gasteiger partial charge in [0.25, 0.3) is 0 Å². The fraction of sp³-hybridized carbons (Fsp3) is 0.222. The van der Waals surface area contributed by atoms with E-state index in [0.717, 1.165) is 29.8 Å². The van der Waals surface area contributed by atoms with Gasteiger partial charge in [0.15, 0.2) is 17.4 Å². The van der Waals surface area contributed by atoms with Gasteiger partial charge in [0.1, 0.15) is 11.6 Å². The van der Waals surface area contributed by atoms with E-state index in [2.05, 4.69) is 9.72 Å². The summed E-state index contributed by atoms with van der Waals surface area (Å²) in [5.74, 6) is -3.34. The topological polar surface area (TPSA) is 31.4 Å². The van der Waals surface area contributed by atoms with Crippen LogP contribution < -0.4 is 9.47 Å². The lowest BCUT2D eigenvalue weighted by molar-refractivity contribution is -0.0546. The first kappa shape index (κ1) is 24.4. The van der Waals surface area contributed by atoms with Gasteiger partial charge in [-0.1, -0.05) is 31.2 Å². The molecule has 0 saturated carbocycles. The Labute approximate surface area is 199 Å². The number of rotatable bonds is 9. The number of nitrogens with zero attached hydrogens (tertiary/aromatic N) is 1. The molecule has 0 bridgehead atoms. The third-order valence-electron chi connectivity index (χ3n) is 5.49. The first-order valence-corrected chi connectivity index (χ1v) is 11.1. The molecule has 0 aliphatic heterocycles. The lowest BCUT2D eigenvalue weighted by Gasteiger charge is -2.11. The van der Waals surface area contributed by atoms with Gasteiger partial charge in [-0.25, -0.2) is 13.2 Å². The summed E-state index contributed by atoms with van der Waals surface area (Å²) < 4.78 is 77.1. The number of benzene rings is 3. The van der Waals surface area contributed by atoms with E-state index >= 15 is 4.39 Å². The van der Waals surface area contributed by atoms with Gasteiger partial charge in [-0.15, -0.1) is 0 Å². The standard InChI is InChI=1S/C27H22F5NO2/c1-2-11-34-20-8-10-24(33-15-20)19-7-9-21-18(14-19)6-5-17(25(21)30)4-3-16-12-22(28)26(23(29)13-16)35-27(31)32/h5-10,12-15,27H,2-4,11H2,1H3. The van der Waals surface area contributed by atoms with Gasteiger partial charge >= 0.3 is 6.61 Å². The Kier molecular flexibility index (Phi) is 7.48. The summed E-state index contributed by atoms with van der Waals surface area (Å²) >= 11 is 0. The minimum atomic E-state index is -3.34. The predicted octanol–water partition coefficient (Wildman–Crippen LogP) is 7.49. The van der Waals surface area contributed by atoms with Crippen molar-refractivity contribution in [3.8, 4) is 22.8 Å². The van der Waals surface area contributed by atoms with Gasteiger partial charge in [-0.05, 0) is 66.1 Å². The highest BCUT2D eigenvalue weighted by molar-refractivity contribution is 5.88. The van der Waals surface area contributed by atoms with E-state index in [9.17, 15) is 17.6 Å². The molecule has 0 N–H and O–H groups in total. The molecular formula is C27H22F5NO2. The van der Waals surface area contributed by atoms with E-state index in [1.54, 1.807) is 30.5 Å². The van der Waals surface area contributed by atoms with Crippen molar-refractivity contribution in [1.29, 1.82) is 0 Å². The highest BCUT2D eigenvalue weighted by atomic mass is 19.3. The Morgan fingerprint density at radius 2 is 1.66 bits per heavy atom. The van der Waals surface area contributed by atoms with Crippen molar-refractivity contribution in [2.45, 2.75) is 32.8 Å². The van der Waals surface area contributed by atoms with Crippen LogP contribution in [0.5, 0.6) is 11.5 Å². The second-order valence-electron chi connectivity index (χ2n) is 7.97. The van der Waals surface area contributed by atoms with Gasteiger partial charge < -0.3 is 9.47 Å². The zero-order valence-electron chi connectivity index (χ0n) is 18.8. The lowest BCUT2D eigenvalue weighted by Crippen LogP contribution is -2.06. The van der Waals surface area contributed by atoms with Crippen LogP contribution in [0.2, 0.25) is 0 Å². The fourth-order valence-electron chi connectivity index (χ4n) is 3.78. The van der Waals surface area contributed by atoms with Crippen molar-refractivity contribution in [3.63, 3.8) is 0 Å². The van der Waals surface area contributed by atoms with Gasteiger partial charge in [-0.2, -0.15) is 8.78 Å². The summed E-state index contributed by atoms with van der Waals surface area (Å²) in [5, 5.41) is 1.09. The van der Waals surface area contributed by atoms with Crippen molar-refractivity contribution < 1.29 is 31.4 Å². The van der Waals surface area contributed by atoms with E-state index in [0.29, 0.717) is 28.7 Å². The number of alkyl halides is 2. The van der Waals surface area contributed by atoms with Gasteiger partial charge in [0.2, 0.25) is 0 Å². The largest absolute Gasteiger partial charge is 0.492 e. The maximum atomic E-state index is 15.2. The molecule has 0 saturated heterocycles. The number of halogens is 5. The highest BCUT2D eigenvalue weighted by Crippen LogP contribution is 2.29. The molecule has 0 radical (unpaired) electrons. The Hall–Kier alpha value is -3.68. The van der Waals surface area contributed by atoms with Gasteiger partial charge in [0.05, 0.1) is 18.5 Å². The smallest absolute Gasteiger partial charge is 0.387 e. The lowest BCUT2D eigenvalue weighted by atomic mass is 9.98. The summed E-state index contributed by atoms with van der Waals surface area (Å²) in [5.41, 5.74) is 2.12. The molecular weight excluding hydrogens is 465 g/mol. The first-order valence-electron chi connectivity index (χ1n) is 11.1. The van der Waals surface area contributed by atoms with Crippen LogP contribution in [0.15, 0.2) is 60.8 Å². The summed E-state index contributed by atoms with van der Waals surface area (Å²) in [4.78, 5) is 4.42. The number of pyridine rings is 1. The van der Waals surface area contributed by atoms with Crippen LogP contribution in [0.1, 0.15) is 24.5 Å². The van der Waals surface area contributed by atoms with Crippen molar-refractivity contribution in [2.75, 3.05) is 6.61 Å². The number of aromatic nitrogens is 1. The highest BCUT2D eigenvalue weighted by Gasteiger charge is 2.17. The molecule has 3 aromatic carbocycles. The molecule has 3 nitrogen and oxygen atoms in total. The Morgan fingerprint density at radius 3 is 2.31 bits per heavy atom. The number of hydrogen-bond acceptors (Lipinski definition) is 3. The molecule has 4 aromatic rings. The normalized spacial score (nSPS) is 11.3. The number of fused-ring (bicyclic) bond motifs is 1. The first-order chi connectivity index (χ1) is 16.9. The third-order valence-corrected chi connectivity index (χ3v) is 5.49. The molecule has 0 spiro atoms. The average molecular weight is 487 g/mol. The molecule has 0 unspecified atom stereocenters. The predicted molar refractivity (Wildman–Crippen MR) is 123 cm³/mol. The second kappa shape index (κ2) is 10.7. The Morgan fingerprint density at radius 1 is 0.886 bits per heavy atom. The number of hydrogen-bond donors (Lipinski definition) is 0. The quantitative estimate of drug-likeness (QED) is 0.229. The van der Waals surface area contributed by atoms with E-state index < -0.39 is 29.8 Å². The van der Waals surface area contributed by atoms with E-state index in [-0.39, 0.29) is 18.4 Å². The average Bonchev–Trinajstić information content (AvgIpc) is 2.84. The molecule has 182 valence electrons. The second-order valence-corrected chi connectivity index (χ2v) is 7.97. The van der Waals surface area contributed by atoms with Crippen LogP contribution in [-0.4, -0.2) is 18.2 Å².